The van der Waals surface area contributed by atoms with Gasteiger partial charge in [-0.1, -0.05) is 23.8 Å². The molecule has 0 radical (unpaired) electrons. The molecular formula is C22H20N6O3S. The zero-order chi connectivity index (χ0) is 22.7. The van der Waals surface area contributed by atoms with Crippen molar-refractivity contribution in [3.8, 4) is 5.69 Å². The Morgan fingerprint density at radius 2 is 1.72 bits per heavy atom. The van der Waals surface area contributed by atoms with Crippen LogP contribution in [0.15, 0.2) is 84.0 Å². The summed E-state index contributed by atoms with van der Waals surface area (Å²) in [5.41, 5.74) is 3.09. The van der Waals surface area contributed by atoms with Crippen molar-refractivity contribution in [3.63, 3.8) is 0 Å². The first-order valence-electron chi connectivity index (χ1n) is 9.65. The lowest BCUT2D eigenvalue weighted by Crippen LogP contribution is -2.26. The SMILES string of the molecule is Cc1ccc(N(C)S(=O)(=O)c2cccc(C(=O)Nc3ccc(-n4cnnn4)cc3)c2)cc1. The van der Waals surface area contributed by atoms with E-state index in [2.05, 4.69) is 20.8 Å². The van der Waals surface area contributed by atoms with Crippen LogP contribution in [0.25, 0.3) is 5.69 Å². The Balaban J connectivity index is 1.53. The molecule has 32 heavy (non-hydrogen) atoms. The lowest BCUT2D eigenvalue weighted by molar-refractivity contribution is 0.102. The number of amides is 1. The molecule has 0 aliphatic carbocycles. The van der Waals surface area contributed by atoms with Crippen LogP contribution in [0.2, 0.25) is 0 Å². The minimum Gasteiger partial charge on any atom is -0.322 e. The van der Waals surface area contributed by atoms with E-state index in [1.807, 2.05) is 19.1 Å². The molecule has 9 nitrogen and oxygen atoms in total. The molecule has 0 fully saturated rings. The van der Waals surface area contributed by atoms with Gasteiger partial charge in [0.05, 0.1) is 16.3 Å². The number of tetrazole rings is 1. The highest BCUT2D eigenvalue weighted by Gasteiger charge is 2.22. The lowest BCUT2D eigenvalue weighted by atomic mass is 10.2. The molecule has 0 atom stereocenters. The number of carbonyl (C=O) groups excluding carboxylic acids is 1. The molecule has 10 heteroatoms. The van der Waals surface area contributed by atoms with Crippen LogP contribution in [-0.2, 0) is 10.0 Å². The van der Waals surface area contributed by atoms with Crippen LogP contribution in [0.4, 0.5) is 11.4 Å². The average Bonchev–Trinajstić information content (AvgIpc) is 3.35. The third-order valence-corrected chi connectivity index (χ3v) is 6.67. The van der Waals surface area contributed by atoms with Crippen molar-refractivity contribution in [3.05, 3.63) is 90.3 Å². The van der Waals surface area contributed by atoms with Crippen LogP contribution in [0.3, 0.4) is 0 Å². The highest BCUT2D eigenvalue weighted by Crippen LogP contribution is 2.23. The van der Waals surface area contributed by atoms with Crippen molar-refractivity contribution < 1.29 is 13.2 Å². The van der Waals surface area contributed by atoms with Gasteiger partial charge in [-0.15, -0.1) is 5.10 Å². The van der Waals surface area contributed by atoms with E-state index < -0.39 is 15.9 Å². The molecule has 0 saturated carbocycles. The first-order chi connectivity index (χ1) is 15.3. The summed E-state index contributed by atoms with van der Waals surface area (Å²) in [5, 5.41) is 13.7. The number of hydrogen-bond acceptors (Lipinski definition) is 6. The van der Waals surface area contributed by atoms with Gasteiger partial charge in [-0.25, -0.2) is 13.1 Å². The minimum atomic E-state index is -3.83. The molecule has 1 heterocycles. The largest absolute Gasteiger partial charge is 0.322 e. The Hall–Kier alpha value is -4.05. The molecule has 3 aromatic carbocycles. The van der Waals surface area contributed by atoms with Crippen molar-refractivity contribution in [1.82, 2.24) is 20.2 Å². The van der Waals surface area contributed by atoms with Gasteiger partial charge in [0.25, 0.3) is 15.9 Å². The predicted octanol–water partition coefficient (Wildman–Crippen LogP) is 3.05. The Morgan fingerprint density at radius 1 is 1.00 bits per heavy atom. The molecule has 162 valence electrons. The molecule has 4 aromatic rings. The number of hydrogen-bond donors (Lipinski definition) is 1. The third-order valence-electron chi connectivity index (χ3n) is 4.89. The molecule has 1 aromatic heterocycles. The van der Waals surface area contributed by atoms with Gasteiger partial charge in [0.15, 0.2) is 0 Å². The number of nitrogens with one attached hydrogen (secondary N) is 1. The molecule has 1 N–H and O–H groups in total. The normalized spacial score (nSPS) is 11.2. The van der Waals surface area contributed by atoms with Gasteiger partial charge >= 0.3 is 0 Å². The number of aromatic nitrogens is 4. The Labute approximate surface area is 185 Å². The summed E-state index contributed by atoms with van der Waals surface area (Å²) < 4.78 is 28.8. The number of sulfonamides is 1. The summed E-state index contributed by atoms with van der Waals surface area (Å²) in [4.78, 5) is 12.8. The van der Waals surface area contributed by atoms with Crippen LogP contribution in [-0.4, -0.2) is 41.6 Å². The molecule has 0 aliphatic heterocycles. The van der Waals surface area contributed by atoms with Gasteiger partial charge in [-0.3, -0.25) is 9.10 Å². The van der Waals surface area contributed by atoms with E-state index in [1.165, 1.54) is 34.5 Å². The number of nitrogens with zero attached hydrogens (tertiary/aromatic N) is 5. The molecule has 0 unspecified atom stereocenters. The second-order valence-electron chi connectivity index (χ2n) is 7.09. The van der Waals surface area contributed by atoms with Gasteiger partial charge in [0, 0.05) is 18.3 Å². The van der Waals surface area contributed by atoms with Gasteiger partial charge in [-0.2, -0.15) is 0 Å². The summed E-state index contributed by atoms with van der Waals surface area (Å²) in [7, 11) is -2.35. The average molecular weight is 449 g/mol. The van der Waals surface area contributed by atoms with Gasteiger partial charge in [-0.05, 0) is 71.9 Å². The molecule has 0 bridgehead atoms. The van der Waals surface area contributed by atoms with Crippen molar-refractivity contribution in [1.29, 1.82) is 0 Å². The van der Waals surface area contributed by atoms with Crippen molar-refractivity contribution in [2.45, 2.75) is 11.8 Å². The van der Waals surface area contributed by atoms with Crippen LogP contribution >= 0.6 is 0 Å². The van der Waals surface area contributed by atoms with Crippen molar-refractivity contribution in [2.24, 2.45) is 0 Å². The summed E-state index contributed by atoms with van der Waals surface area (Å²) in [6, 6.07) is 20.0. The van der Waals surface area contributed by atoms with Crippen molar-refractivity contribution in [2.75, 3.05) is 16.7 Å². The summed E-state index contributed by atoms with van der Waals surface area (Å²) in [6.07, 6.45) is 1.47. The summed E-state index contributed by atoms with van der Waals surface area (Å²) >= 11 is 0. The number of rotatable bonds is 6. The fraction of sp³-hybridized carbons (Fsp3) is 0.0909. The van der Waals surface area contributed by atoms with Crippen molar-refractivity contribution >= 4 is 27.3 Å². The zero-order valence-corrected chi connectivity index (χ0v) is 18.2. The predicted molar refractivity (Wildman–Crippen MR) is 120 cm³/mol. The number of carbonyl (C=O) groups is 1. The smallest absolute Gasteiger partial charge is 0.264 e. The van der Waals surface area contributed by atoms with Gasteiger partial charge < -0.3 is 5.32 Å². The Morgan fingerprint density at radius 3 is 2.38 bits per heavy atom. The quantitative estimate of drug-likeness (QED) is 0.485. The molecule has 4 rings (SSSR count). The summed E-state index contributed by atoms with van der Waals surface area (Å²) in [6.45, 7) is 1.93. The first kappa shape index (κ1) is 21.2. The van der Waals surface area contributed by atoms with E-state index in [1.54, 1.807) is 48.5 Å². The monoisotopic (exact) mass is 448 g/mol. The van der Waals surface area contributed by atoms with E-state index in [4.69, 9.17) is 0 Å². The molecule has 0 spiro atoms. The van der Waals surface area contributed by atoms with E-state index in [0.717, 1.165) is 11.3 Å². The fourth-order valence-corrected chi connectivity index (χ4v) is 4.27. The Bertz CT molecular complexity index is 1340. The maximum Gasteiger partial charge on any atom is 0.264 e. The van der Waals surface area contributed by atoms with Crippen LogP contribution in [0.5, 0.6) is 0 Å². The Kier molecular flexibility index (Phi) is 5.69. The maximum absolute atomic E-state index is 13.1. The standard InChI is InChI=1S/C22H20N6O3S/c1-16-6-10-19(11-7-16)27(2)32(30,31)21-5-3-4-17(14-21)22(29)24-18-8-12-20(13-9-18)28-15-23-25-26-28/h3-15H,1-2H3,(H,24,29). The molecule has 1 amide bonds. The second kappa shape index (κ2) is 8.60. The lowest BCUT2D eigenvalue weighted by Gasteiger charge is -2.20. The number of anilines is 2. The summed E-state index contributed by atoms with van der Waals surface area (Å²) in [5.74, 6) is -0.421. The van der Waals surface area contributed by atoms with Gasteiger partial charge in [0.1, 0.15) is 6.33 Å². The zero-order valence-electron chi connectivity index (χ0n) is 17.4. The first-order valence-corrected chi connectivity index (χ1v) is 11.1. The highest BCUT2D eigenvalue weighted by molar-refractivity contribution is 7.92. The molecule has 0 aliphatic rings. The number of benzene rings is 3. The number of aryl methyl sites for hydroxylation is 1. The van der Waals surface area contributed by atoms with E-state index in [0.29, 0.717) is 11.4 Å². The second-order valence-corrected chi connectivity index (χ2v) is 9.06. The molecular weight excluding hydrogens is 428 g/mol. The van der Waals surface area contributed by atoms with E-state index in [-0.39, 0.29) is 10.5 Å². The topological polar surface area (TPSA) is 110 Å². The van der Waals surface area contributed by atoms with Crippen LogP contribution in [0, 0.1) is 6.92 Å². The third kappa shape index (κ3) is 4.35. The minimum absolute atomic E-state index is 0.0299. The maximum atomic E-state index is 13.1. The van der Waals surface area contributed by atoms with Crippen LogP contribution in [0.1, 0.15) is 15.9 Å². The van der Waals surface area contributed by atoms with E-state index in [9.17, 15) is 13.2 Å². The van der Waals surface area contributed by atoms with Crippen LogP contribution < -0.4 is 9.62 Å². The molecule has 0 saturated heterocycles. The van der Waals surface area contributed by atoms with Gasteiger partial charge in [0.2, 0.25) is 0 Å². The fourth-order valence-electron chi connectivity index (χ4n) is 3.03. The highest BCUT2D eigenvalue weighted by atomic mass is 32.2. The van der Waals surface area contributed by atoms with E-state index >= 15 is 0 Å².